The number of benzene rings is 1. The maximum Gasteiger partial charge on any atom is 0.226 e. The van der Waals surface area contributed by atoms with Crippen molar-refractivity contribution in [1.29, 1.82) is 0 Å². The number of anilines is 1. The van der Waals surface area contributed by atoms with Crippen LogP contribution in [0.2, 0.25) is 0 Å². The number of hydrogen-bond acceptors (Lipinski definition) is 3. The second kappa shape index (κ2) is 7.01. The number of halogens is 2. The van der Waals surface area contributed by atoms with E-state index < -0.39 is 11.9 Å². The zero-order valence-corrected chi connectivity index (χ0v) is 16.7. The number of carbonyl (C=O) groups is 2. The quantitative estimate of drug-likeness (QED) is 0.652. The molecule has 3 saturated carbocycles. The van der Waals surface area contributed by atoms with Crippen molar-refractivity contribution in [2.24, 2.45) is 5.41 Å². The molecule has 4 nitrogen and oxygen atoms in total. The number of ketones is 1. The van der Waals surface area contributed by atoms with Crippen molar-refractivity contribution < 1.29 is 18.4 Å². The van der Waals surface area contributed by atoms with Gasteiger partial charge in [-0.25, -0.2) is 0 Å². The Kier molecular flexibility index (Phi) is 4.75. The van der Waals surface area contributed by atoms with Crippen LogP contribution in [0.15, 0.2) is 36.4 Å². The van der Waals surface area contributed by atoms with Gasteiger partial charge in [0.1, 0.15) is 5.78 Å². The monoisotopic (exact) mass is 398 g/mol. The minimum Gasteiger partial charge on any atom is -0.316 e. The molecular formula is C23H24F2N2O2. The summed E-state index contributed by atoms with van der Waals surface area (Å²) in [5.41, 5.74) is 2.14. The Bertz CT molecular complexity index is 952. The fraction of sp³-hybridized carbons (Fsp3) is 0.435. The van der Waals surface area contributed by atoms with Crippen LogP contribution in [0, 0.1) is 17.3 Å². The number of pyridine rings is 1. The van der Waals surface area contributed by atoms with Gasteiger partial charge < -0.3 is 4.90 Å². The van der Waals surface area contributed by atoms with Gasteiger partial charge >= 0.3 is 0 Å². The maximum atomic E-state index is 13.7. The maximum absolute atomic E-state index is 13.7. The van der Waals surface area contributed by atoms with E-state index in [1.807, 2.05) is 19.1 Å². The molecule has 1 heterocycles. The molecule has 3 aliphatic rings. The van der Waals surface area contributed by atoms with Gasteiger partial charge in [0.2, 0.25) is 17.8 Å². The molecular weight excluding hydrogens is 374 g/mol. The highest BCUT2D eigenvalue weighted by molar-refractivity contribution is 5.92. The average molecular weight is 398 g/mol. The van der Waals surface area contributed by atoms with Crippen LogP contribution in [0.3, 0.4) is 0 Å². The van der Waals surface area contributed by atoms with Gasteiger partial charge in [-0.3, -0.25) is 9.59 Å². The van der Waals surface area contributed by atoms with Crippen molar-refractivity contribution >= 4 is 17.4 Å². The molecule has 6 heteroatoms. The van der Waals surface area contributed by atoms with Crippen LogP contribution >= 0.6 is 0 Å². The van der Waals surface area contributed by atoms with E-state index >= 15 is 0 Å². The first-order valence-electron chi connectivity index (χ1n) is 10.00. The topological polar surface area (TPSA) is 50.3 Å². The number of Topliss-reactive ketones (excluding diaryl/α,β-unsaturated/α-hetero) is 1. The van der Waals surface area contributed by atoms with Crippen LogP contribution in [0.4, 0.5) is 14.5 Å². The summed E-state index contributed by atoms with van der Waals surface area (Å²) in [5, 5.41) is 0. The molecule has 0 atom stereocenters. The third-order valence-electron chi connectivity index (χ3n) is 6.68. The van der Waals surface area contributed by atoms with Crippen LogP contribution in [0.5, 0.6) is 0 Å². The van der Waals surface area contributed by atoms with Gasteiger partial charge in [0.25, 0.3) is 0 Å². The van der Waals surface area contributed by atoms with Crippen LogP contribution in [-0.4, -0.2) is 23.7 Å². The normalized spacial score (nSPS) is 24.4. The van der Waals surface area contributed by atoms with Crippen LogP contribution < -0.4 is 4.90 Å². The summed E-state index contributed by atoms with van der Waals surface area (Å²) in [4.78, 5) is 29.4. The molecule has 5 rings (SSSR count). The number of aromatic nitrogens is 1. The Hall–Kier alpha value is -2.63. The fourth-order valence-corrected chi connectivity index (χ4v) is 4.95. The zero-order valence-electron chi connectivity index (χ0n) is 16.7. The molecule has 0 spiro atoms. The highest BCUT2D eigenvalue weighted by Crippen LogP contribution is 2.74. The van der Waals surface area contributed by atoms with E-state index in [0.717, 1.165) is 31.0 Å². The molecule has 0 N–H and O–H groups in total. The van der Waals surface area contributed by atoms with Crippen LogP contribution in [0.1, 0.15) is 50.2 Å². The van der Waals surface area contributed by atoms with E-state index in [2.05, 4.69) is 17.1 Å². The lowest BCUT2D eigenvalue weighted by Gasteiger charge is -2.70. The molecule has 1 amide bonds. The molecule has 29 heavy (non-hydrogen) atoms. The molecule has 3 fully saturated rings. The summed E-state index contributed by atoms with van der Waals surface area (Å²) in [6.45, 7) is 1.84. The molecule has 0 radical (unpaired) electrons. The molecule has 0 aliphatic heterocycles. The van der Waals surface area contributed by atoms with Crippen LogP contribution in [0.25, 0.3) is 0 Å². The van der Waals surface area contributed by atoms with Gasteiger partial charge in [0.05, 0.1) is 0 Å². The zero-order chi connectivity index (χ0) is 20.8. The number of hydrogen-bond donors (Lipinski definition) is 0. The second-order valence-electron chi connectivity index (χ2n) is 8.45. The van der Waals surface area contributed by atoms with Crippen molar-refractivity contribution in [3.8, 4) is 0 Å². The second-order valence-corrected chi connectivity index (χ2v) is 8.45. The Balaban J connectivity index is 1.35. The van der Waals surface area contributed by atoms with E-state index in [0.29, 0.717) is 6.42 Å². The third-order valence-corrected chi connectivity index (χ3v) is 6.68. The molecule has 2 aromatic rings. The predicted octanol–water partition coefficient (Wildman–Crippen LogP) is 4.36. The van der Waals surface area contributed by atoms with Gasteiger partial charge in [0.15, 0.2) is 0 Å². The van der Waals surface area contributed by atoms with Crippen LogP contribution in [-0.2, 0) is 21.4 Å². The molecule has 1 aromatic carbocycles. The van der Waals surface area contributed by atoms with Gasteiger partial charge in [0, 0.05) is 36.6 Å². The highest BCUT2D eigenvalue weighted by Gasteiger charge is 2.70. The van der Waals surface area contributed by atoms with Gasteiger partial charge in [-0.05, 0) is 60.9 Å². The van der Waals surface area contributed by atoms with Crippen molar-refractivity contribution in [3.63, 3.8) is 0 Å². The molecule has 152 valence electrons. The largest absolute Gasteiger partial charge is 0.316 e. The minimum absolute atomic E-state index is 0.0597. The van der Waals surface area contributed by atoms with Crippen molar-refractivity contribution in [3.05, 3.63) is 59.4 Å². The van der Waals surface area contributed by atoms with Crippen molar-refractivity contribution in [1.82, 2.24) is 4.98 Å². The highest BCUT2D eigenvalue weighted by atomic mass is 19.1. The Labute approximate surface area is 168 Å². The standard InChI is InChI=1S/C23H24F2N2O2/c1-3-20(29)27(2)17-8-6-16(7-9-17)22-12-23(13-22,14-22)18(28)10-4-15-5-11-19(24)26-21(15)25/h5-9,11H,3-4,10,12-14H2,1-2H3. The summed E-state index contributed by atoms with van der Waals surface area (Å²) in [6.07, 6.45) is 3.44. The van der Waals surface area contributed by atoms with Crippen molar-refractivity contribution in [2.45, 2.75) is 50.9 Å². The summed E-state index contributed by atoms with van der Waals surface area (Å²) in [7, 11) is 1.77. The lowest BCUT2D eigenvalue weighted by molar-refractivity contribution is -0.173. The lowest BCUT2D eigenvalue weighted by Crippen LogP contribution is -2.67. The summed E-state index contributed by atoms with van der Waals surface area (Å²) in [6, 6.07) is 10.5. The number of rotatable bonds is 7. The lowest BCUT2D eigenvalue weighted by atomic mass is 9.32. The Morgan fingerprint density at radius 1 is 1.07 bits per heavy atom. The molecule has 1 aromatic heterocycles. The number of carbonyl (C=O) groups excluding carboxylic acids is 2. The number of nitrogens with zero attached hydrogens (tertiary/aromatic N) is 2. The Morgan fingerprint density at radius 3 is 2.31 bits per heavy atom. The first-order chi connectivity index (χ1) is 13.8. The van der Waals surface area contributed by atoms with E-state index in [4.69, 9.17) is 0 Å². The smallest absolute Gasteiger partial charge is 0.226 e. The molecule has 0 saturated heterocycles. The van der Waals surface area contributed by atoms with E-state index in [1.165, 1.54) is 11.6 Å². The minimum atomic E-state index is -0.852. The average Bonchev–Trinajstić information content (AvgIpc) is 2.64. The Morgan fingerprint density at radius 2 is 1.72 bits per heavy atom. The number of aryl methyl sites for hydroxylation is 1. The van der Waals surface area contributed by atoms with Gasteiger partial charge in [-0.1, -0.05) is 19.1 Å². The summed E-state index contributed by atoms with van der Waals surface area (Å²) < 4.78 is 26.6. The summed E-state index contributed by atoms with van der Waals surface area (Å²) in [5.74, 6) is -1.46. The molecule has 2 bridgehead atoms. The van der Waals surface area contributed by atoms with E-state index in [-0.39, 0.29) is 40.9 Å². The first kappa shape index (κ1) is 19.7. The fourth-order valence-electron chi connectivity index (χ4n) is 4.95. The summed E-state index contributed by atoms with van der Waals surface area (Å²) >= 11 is 0. The predicted molar refractivity (Wildman–Crippen MR) is 106 cm³/mol. The van der Waals surface area contributed by atoms with E-state index in [9.17, 15) is 18.4 Å². The SMILES string of the molecule is CCC(=O)N(C)c1ccc(C23CC(C(=O)CCc4ccc(F)nc4F)(C2)C3)cc1. The molecule has 0 unspecified atom stereocenters. The number of amides is 1. The van der Waals surface area contributed by atoms with Gasteiger partial charge in [-0.2, -0.15) is 13.8 Å². The van der Waals surface area contributed by atoms with Crippen molar-refractivity contribution in [2.75, 3.05) is 11.9 Å². The van der Waals surface area contributed by atoms with Gasteiger partial charge in [-0.15, -0.1) is 0 Å². The van der Waals surface area contributed by atoms with E-state index in [1.54, 1.807) is 11.9 Å². The first-order valence-corrected chi connectivity index (χ1v) is 10.00. The molecule has 3 aliphatic carbocycles. The third kappa shape index (κ3) is 3.24.